The van der Waals surface area contributed by atoms with Gasteiger partial charge in [0.15, 0.2) is 0 Å². The van der Waals surface area contributed by atoms with Gasteiger partial charge in [0.1, 0.15) is 5.82 Å². The van der Waals surface area contributed by atoms with Crippen LogP contribution in [-0.2, 0) is 0 Å². The molecule has 0 aliphatic carbocycles. The van der Waals surface area contributed by atoms with Crippen molar-refractivity contribution in [1.82, 2.24) is 0 Å². The van der Waals surface area contributed by atoms with Crippen LogP contribution in [0, 0.1) is 12.7 Å². The lowest BCUT2D eigenvalue weighted by atomic mass is 10.0. The Hall–Kier alpha value is -0.860. The minimum Gasteiger partial charge on any atom is -0.206 e. The van der Waals surface area contributed by atoms with Crippen molar-refractivity contribution >= 4 is 27.5 Å². The third-order valence-electron chi connectivity index (χ3n) is 2.42. The van der Waals surface area contributed by atoms with Crippen molar-refractivity contribution in [1.29, 1.82) is 0 Å². The van der Waals surface area contributed by atoms with Gasteiger partial charge in [0.2, 0.25) is 0 Å². The molecule has 0 unspecified atom stereocenters. The molecule has 0 aliphatic heterocycles. The number of benzene rings is 2. The van der Waals surface area contributed by atoms with Gasteiger partial charge >= 0.3 is 0 Å². The van der Waals surface area contributed by atoms with E-state index in [9.17, 15) is 4.39 Å². The molecular formula is C13H9BrClF. The lowest BCUT2D eigenvalue weighted by Gasteiger charge is -2.09. The predicted octanol–water partition coefficient (Wildman–Crippen LogP) is 5.22. The Morgan fingerprint density at radius 1 is 1.19 bits per heavy atom. The summed E-state index contributed by atoms with van der Waals surface area (Å²) in [6, 6.07) is 10.4. The van der Waals surface area contributed by atoms with E-state index in [1.807, 2.05) is 25.1 Å². The van der Waals surface area contributed by atoms with Gasteiger partial charge in [-0.2, -0.15) is 0 Å². The molecule has 0 aromatic heterocycles. The fraction of sp³-hybridized carbons (Fsp3) is 0.0769. The number of aryl methyl sites for hydroxylation is 1. The first kappa shape index (κ1) is 11.6. The standard InChI is InChI=1S/C13H9BrClF/c1-8-7-9(14)5-6-10(8)13-11(15)3-2-4-12(13)16/h2-7H,1H3. The van der Waals surface area contributed by atoms with Crippen molar-refractivity contribution in [2.24, 2.45) is 0 Å². The second-order valence-corrected chi connectivity index (χ2v) is 4.88. The van der Waals surface area contributed by atoms with E-state index in [-0.39, 0.29) is 5.82 Å². The summed E-state index contributed by atoms with van der Waals surface area (Å²) < 4.78 is 14.7. The van der Waals surface area contributed by atoms with Gasteiger partial charge in [-0.25, -0.2) is 4.39 Å². The van der Waals surface area contributed by atoms with Gasteiger partial charge in [-0.1, -0.05) is 39.7 Å². The lowest BCUT2D eigenvalue weighted by Crippen LogP contribution is -1.89. The lowest BCUT2D eigenvalue weighted by molar-refractivity contribution is 0.631. The average molecular weight is 300 g/mol. The summed E-state index contributed by atoms with van der Waals surface area (Å²) in [5.74, 6) is -0.294. The van der Waals surface area contributed by atoms with E-state index in [4.69, 9.17) is 11.6 Å². The molecule has 0 nitrogen and oxygen atoms in total. The Bertz CT molecular complexity index is 517. The highest BCUT2D eigenvalue weighted by Crippen LogP contribution is 2.33. The zero-order valence-electron chi connectivity index (χ0n) is 8.60. The smallest absolute Gasteiger partial charge is 0.132 e. The topological polar surface area (TPSA) is 0 Å². The molecule has 16 heavy (non-hydrogen) atoms. The van der Waals surface area contributed by atoms with Crippen LogP contribution >= 0.6 is 27.5 Å². The van der Waals surface area contributed by atoms with Crippen LogP contribution in [0.5, 0.6) is 0 Å². The van der Waals surface area contributed by atoms with Crippen molar-refractivity contribution in [3.8, 4) is 11.1 Å². The summed E-state index contributed by atoms with van der Waals surface area (Å²) in [4.78, 5) is 0. The molecule has 0 saturated heterocycles. The van der Waals surface area contributed by atoms with Gasteiger partial charge in [0.05, 0.1) is 5.02 Å². The first-order valence-electron chi connectivity index (χ1n) is 4.80. The van der Waals surface area contributed by atoms with Gasteiger partial charge in [-0.15, -0.1) is 0 Å². The molecule has 2 rings (SSSR count). The summed E-state index contributed by atoms with van der Waals surface area (Å²) in [6.07, 6.45) is 0. The van der Waals surface area contributed by atoms with Crippen LogP contribution in [0.1, 0.15) is 5.56 Å². The molecule has 2 aromatic carbocycles. The SMILES string of the molecule is Cc1cc(Br)ccc1-c1c(F)cccc1Cl. The maximum atomic E-state index is 13.7. The molecule has 0 spiro atoms. The van der Waals surface area contributed by atoms with Crippen molar-refractivity contribution in [3.63, 3.8) is 0 Å². The molecule has 82 valence electrons. The first-order chi connectivity index (χ1) is 7.59. The van der Waals surface area contributed by atoms with E-state index in [2.05, 4.69) is 15.9 Å². The summed E-state index contributed by atoms with van der Waals surface area (Å²) >= 11 is 9.40. The van der Waals surface area contributed by atoms with Gasteiger partial charge in [-0.05, 0) is 42.3 Å². The average Bonchev–Trinajstić information content (AvgIpc) is 2.20. The van der Waals surface area contributed by atoms with Gasteiger partial charge in [0.25, 0.3) is 0 Å². The second-order valence-electron chi connectivity index (χ2n) is 3.56. The van der Waals surface area contributed by atoms with Crippen molar-refractivity contribution in [2.75, 3.05) is 0 Å². The van der Waals surface area contributed by atoms with Crippen LogP contribution in [0.2, 0.25) is 5.02 Å². The van der Waals surface area contributed by atoms with Crippen molar-refractivity contribution in [3.05, 3.63) is 57.3 Å². The number of halogens is 3. The molecule has 0 N–H and O–H groups in total. The molecule has 3 heteroatoms. The van der Waals surface area contributed by atoms with E-state index >= 15 is 0 Å². The Morgan fingerprint density at radius 3 is 2.56 bits per heavy atom. The van der Waals surface area contributed by atoms with Crippen molar-refractivity contribution in [2.45, 2.75) is 6.92 Å². The molecule has 0 amide bonds. The summed E-state index contributed by atoms with van der Waals surface area (Å²) in [6.45, 7) is 1.93. The normalized spacial score (nSPS) is 10.5. The molecule has 0 atom stereocenters. The predicted molar refractivity (Wildman–Crippen MR) is 69.3 cm³/mol. The van der Waals surface area contributed by atoms with E-state index in [0.29, 0.717) is 10.6 Å². The molecule has 0 heterocycles. The van der Waals surface area contributed by atoms with E-state index in [1.165, 1.54) is 6.07 Å². The highest BCUT2D eigenvalue weighted by molar-refractivity contribution is 9.10. The molecule has 0 aliphatic rings. The molecule has 0 bridgehead atoms. The zero-order chi connectivity index (χ0) is 11.7. The summed E-state index contributed by atoms with van der Waals surface area (Å²) in [7, 11) is 0. The summed E-state index contributed by atoms with van der Waals surface area (Å²) in [5, 5.41) is 0.436. The van der Waals surface area contributed by atoms with Crippen LogP contribution in [0.3, 0.4) is 0 Å². The minimum absolute atomic E-state index is 0.294. The van der Waals surface area contributed by atoms with E-state index in [1.54, 1.807) is 12.1 Å². The Labute approximate surface area is 107 Å². The summed E-state index contributed by atoms with van der Waals surface area (Å²) in [5.41, 5.74) is 2.28. The van der Waals surface area contributed by atoms with Crippen molar-refractivity contribution < 1.29 is 4.39 Å². The van der Waals surface area contributed by atoms with Crippen LogP contribution in [0.25, 0.3) is 11.1 Å². The first-order valence-corrected chi connectivity index (χ1v) is 5.97. The zero-order valence-corrected chi connectivity index (χ0v) is 10.9. The fourth-order valence-corrected chi connectivity index (χ4v) is 2.40. The molecule has 0 fully saturated rings. The maximum Gasteiger partial charge on any atom is 0.132 e. The fourth-order valence-electron chi connectivity index (χ4n) is 1.66. The molecular weight excluding hydrogens is 290 g/mol. The molecule has 2 aromatic rings. The third-order valence-corrected chi connectivity index (χ3v) is 3.23. The van der Waals surface area contributed by atoms with Crippen LogP contribution < -0.4 is 0 Å². The van der Waals surface area contributed by atoms with Gasteiger partial charge in [-0.3, -0.25) is 0 Å². The molecule has 0 saturated carbocycles. The van der Waals surface area contributed by atoms with Gasteiger partial charge < -0.3 is 0 Å². The Morgan fingerprint density at radius 2 is 1.94 bits per heavy atom. The van der Waals surface area contributed by atoms with Crippen LogP contribution in [0.15, 0.2) is 40.9 Å². The molecule has 0 radical (unpaired) electrons. The van der Waals surface area contributed by atoms with Crippen LogP contribution in [0.4, 0.5) is 4.39 Å². The Kier molecular flexibility index (Phi) is 3.31. The number of hydrogen-bond acceptors (Lipinski definition) is 0. The van der Waals surface area contributed by atoms with Gasteiger partial charge in [0, 0.05) is 10.0 Å². The van der Waals surface area contributed by atoms with Crippen LogP contribution in [-0.4, -0.2) is 0 Å². The third kappa shape index (κ3) is 2.13. The maximum absolute atomic E-state index is 13.7. The minimum atomic E-state index is -0.294. The highest BCUT2D eigenvalue weighted by atomic mass is 79.9. The second kappa shape index (κ2) is 4.56. The van der Waals surface area contributed by atoms with E-state index < -0.39 is 0 Å². The largest absolute Gasteiger partial charge is 0.206 e. The highest BCUT2D eigenvalue weighted by Gasteiger charge is 2.11. The Balaban J connectivity index is 2.68. The van der Waals surface area contributed by atoms with E-state index in [0.717, 1.165) is 15.6 Å². The number of hydrogen-bond donors (Lipinski definition) is 0. The quantitative estimate of drug-likeness (QED) is 0.677. The number of rotatable bonds is 1. The monoisotopic (exact) mass is 298 g/mol.